The maximum absolute atomic E-state index is 12.2. The monoisotopic (exact) mass is 427 g/mol. The van der Waals surface area contributed by atoms with Crippen LogP contribution in [0.2, 0.25) is 0 Å². The second-order valence-electron chi connectivity index (χ2n) is 6.04. The number of thioether (sulfide) groups is 1. The van der Waals surface area contributed by atoms with Gasteiger partial charge in [-0.3, -0.25) is 9.59 Å². The smallest absolute Gasteiger partial charge is 0.251 e. The van der Waals surface area contributed by atoms with E-state index >= 15 is 0 Å². The minimum atomic E-state index is -0.417. The number of amides is 2. The van der Waals surface area contributed by atoms with Crippen LogP contribution in [-0.2, 0) is 4.79 Å². The fraction of sp³-hybridized carbons (Fsp3) is 0.333. The van der Waals surface area contributed by atoms with Gasteiger partial charge >= 0.3 is 0 Å². The van der Waals surface area contributed by atoms with E-state index in [9.17, 15) is 14.7 Å². The summed E-state index contributed by atoms with van der Waals surface area (Å²) in [6, 6.07) is 10.7. The standard InChI is InChI=1S/C18H21N3O3S2.ClH/c22-15-10-19-8-13(15)9-20-18(24)12-3-5-14(6-4-12)21-16(23)11-26-17-2-1-7-25-17;/h1-7,13,15,19,22H,8-11H2,(H,20,24)(H,21,23);1H. The predicted octanol–water partition coefficient (Wildman–Crippen LogP) is 2.21. The van der Waals surface area contributed by atoms with Crippen LogP contribution >= 0.6 is 35.5 Å². The molecule has 2 aromatic rings. The summed E-state index contributed by atoms with van der Waals surface area (Å²) in [6.07, 6.45) is -0.417. The zero-order valence-corrected chi connectivity index (χ0v) is 17.0. The van der Waals surface area contributed by atoms with Crippen molar-refractivity contribution in [3.8, 4) is 0 Å². The molecule has 6 nitrogen and oxygen atoms in total. The maximum atomic E-state index is 12.2. The molecule has 2 atom stereocenters. The SMILES string of the molecule is Cl.O=C(CSc1cccs1)Nc1ccc(C(=O)NCC2CNCC2O)cc1. The van der Waals surface area contributed by atoms with Gasteiger partial charge in [0.25, 0.3) is 5.91 Å². The third-order valence-electron chi connectivity index (χ3n) is 4.10. The Hall–Kier alpha value is -1.58. The number of hydrogen-bond donors (Lipinski definition) is 4. The van der Waals surface area contributed by atoms with Crippen molar-refractivity contribution in [2.45, 2.75) is 10.3 Å². The average molecular weight is 428 g/mol. The van der Waals surface area contributed by atoms with Gasteiger partial charge in [-0.25, -0.2) is 0 Å². The topological polar surface area (TPSA) is 90.5 Å². The Morgan fingerprint density at radius 2 is 2.00 bits per heavy atom. The van der Waals surface area contributed by atoms with Gasteiger partial charge in [-0.05, 0) is 35.7 Å². The number of rotatable bonds is 7. The lowest BCUT2D eigenvalue weighted by atomic mass is 10.1. The lowest BCUT2D eigenvalue weighted by Crippen LogP contribution is -2.34. The number of carbonyl (C=O) groups is 2. The van der Waals surface area contributed by atoms with Gasteiger partial charge < -0.3 is 21.1 Å². The van der Waals surface area contributed by atoms with Crippen LogP contribution < -0.4 is 16.0 Å². The number of carbonyl (C=O) groups excluding carboxylic acids is 2. The van der Waals surface area contributed by atoms with E-state index in [0.29, 0.717) is 36.6 Å². The number of halogens is 1. The fourth-order valence-electron chi connectivity index (χ4n) is 2.64. The Bertz CT molecular complexity index is 741. The summed E-state index contributed by atoms with van der Waals surface area (Å²) in [4.78, 5) is 24.1. The molecular weight excluding hydrogens is 406 g/mol. The van der Waals surface area contributed by atoms with Crippen LogP contribution in [0.3, 0.4) is 0 Å². The summed E-state index contributed by atoms with van der Waals surface area (Å²) in [5.41, 5.74) is 1.19. The van der Waals surface area contributed by atoms with Gasteiger partial charge in [-0.15, -0.1) is 35.5 Å². The number of nitrogens with one attached hydrogen (secondary N) is 3. The molecule has 2 heterocycles. The quantitative estimate of drug-likeness (QED) is 0.508. The van der Waals surface area contributed by atoms with Gasteiger partial charge in [0, 0.05) is 36.8 Å². The van der Waals surface area contributed by atoms with Crippen LogP contribution in [0.1, 0.15) is 10.4 Å². The fourth-order valence-corrected chi connectivity index (χ4v) is 4.22. The molecule has 9 heteroatoms. The lowest BCUT2D eigenvalue weighted by Gasteiger charge is -2.14. The minimum absolute atomic E-state index is 0. The Kier molecular flexibility index (Phi) is 8.59. The number of anilines is 1. The molecule has 146 valence electrons. The summed E-state index contributed by atoms with van der Waals surface area (Å²) >= 11 is 3.11. The normalized spacial score (nSPS) is 18.6. The molecule has 0 bridgehead atoms. The van der Waals surface area contributed by atoms with Crippen LogP contribution in [0.4, 0.5) is 5.69 Å². The van der Waals surface area contributed by atoms with Crippen molar-refractivity contribution in [1.82, 2.24) is 10.6 Å². The molecule has 1 aromatic carbocycles. The van der Waals surface area contributed by atoms with Crippen molar-refractivity contribution in [1.29, 1.82) is 0 Å². The highest BCUT2D eigenvalue weighted by Gasteiger charge is 2.25. The molecule has 3 rings (SSSR count). The van der Waals surface area contributed by atoms with Crippen molar-refractivity contribution in [3.05, 3.63) is 47.3 Å². The summed E-state index contributed by atoms with van der Waals surface area (Å²) < 4.78 is 1.11. The highest BCUT2D eigenvalue weighted by atomic mass is 35.5. The van der Waals surface area contributed by atoms with Crippen molar-refractivity contribution >= 4 is 53.0 Å². The summed E-state index contributed by atoms with van der Waals surface area (Å²) in [6.45, 7) is 1.71. The Morgan fingerprint density at radius 3 is 2.63 bits per heavy atom. The van der Waals surface area contributed by atoms with Crippen LogP contribution in [0.15, 0.2) is 46.0 Å². The molecule has 2 amide bonds. The van der Waals surface area contributed by atoms with E-state index in [0.717, 1.165) is 4.21 Å². The number of β-amino-alcohol motifs (C(OH)–C–C–N with tert-alkyl or cyclic N) is 1. The zero-order chi connectivity index (χ0) is 18.4. The molecule has 0 saturated carbocycles. The Balaban J connectivity index is 0.00000261. The van der Waals surface area contributed by atoms with Crippen molar-refractivity contribution in [2.75, 3.05) is 30.7 Å². The van der Waals surface area contributed by atoms with Crippen molar-refractivity contribution < 1.29 is 14.7 Å². The number of aliphatic hydroxyl groups excluding tert-OH is 1. The first-order valence-corrected chi connectivity index (χ1v) is 10.2. The molecule has 2 unspecified atom stereocenters. The van der Waals surface area contributed by atoms with Crippen molar-refractivity contribution in [2.24, 2.45) is 5.92 Å². The van der Waals surface area contributed by atoms with E-state index < -0.39 is 6.10 Å². The molecule has 0 radical (unpaired) electrons. The van der Waals surface area contributed by atoms with Gasteiger partial charge in [0.1, 0.15) is 0 Å². The van der Waals surface area contributed by atoms with E-state index in [1.165, 1.54) is 11.8 Å². The number of aliphatic hydroxyl groups is 1. The van der Waals surface area contributed by atoms with Gasteiger partial charge in [0.2, 0.25) is 5.91 Å². The van der Waals surface area contributed by atoms with Crippen LogP contribution in [-0.4, -0.2) is 48.4 Å². The molecule has 0 aliphatic carbocycles. The summed E-state index contributed by atoms with van der Waals surface area (Å²) in [7, 11) is 0. The third-order valence-corrected chi connectivity index (χ3v) is 6.23. The van der Waals surface area contributed by atoms with Gasteiger partial charge in [-0.2, -0.15) is 0 Å². The highest BCUT2D eigenvalue weighted by molar-refractivity contribution is 8.01. The molecule has 1 aliphatic heterocycles. The second-order valence-corrected chi connectivity index (χ2v) is 8.27. The van der Waals surface area contributed by atoms with Gasteiger partial charge in [-0.1, -0.05) is 6.07 Å². The van der Waals surface area contributed by atoms with Crippen molar-refractivity contribution in [3.63, 3.8) is 0 Å². The minimum Gasteiger partial charge on any atom is -0.391 e. The van der Waals surface area contributed by atoms with E-state index in [2.05, 4.69) is 16.0 Å². The first-order valence-electron chi connectivity index (χ1n) is 8.35. The predicted molar refractivity (Wildman–Crippen MR) is 112 cm³/mol. The lowest BCUT2D eigenvalue weighted by molar-refractivity contribution is -0.113. The largest absolute Gasteiger partial charge is 0.391 e. The molecule has 1 aromatic heterocycles. The van der Waals surface area contributed by atoms with E-state index in [4.69, 9.17) is 0 Å². The first kappa shape index (κ1) is 21.7. The molecule has 1 fully saturated rings. The third kappa shape index (κ3) is 6.51. The molecule has 0 spiro atoms. The molecule has 4 N–H and O–H groups in total. The van der Waals surface area contributed by atoms with E-state index in [-0.39, 0.29) is 30.1 Å². The molecule has 27 heavy (non-hydrogen) atoms. The average Bonchev–Trinajstić information content (AvgIpc) is 3.30. The number of thiophene rings is 1. The molecular formula is C18H22ClN3O3S2. The molecule has 1 aliphatic rings. The Labute approximate surface area is 172 Å². The van der Waals surface area contributed by atoms with Gasteiger partial charge in [0.05, 0.1) is 16.1 Å². The Morgan fingerprint density at radius 1 is 1.22 bits per heavy atom. The number of benzene rings is 1. The van der Waals surface area contributed by atoms with Gasteiger partial charge in [0.15, 0.2) is 0 Å². The van der Waals surface area contributed by atoms with Crippen LogP contribution in [0, 0.1) is 5.92 Å². The highest BCUT2D eigenvalue weighted by Crippen LogP contribution is 2.23. The molecule has 1 saturated heterocycles. The maximum Gasteiger partial charge on any atom is 0.251 e. The van der Waals surface area contributed by atoms with Crippen LogP contribution in [0.25, 0.3) is 0 Å². The first-order chi connectivity index (χ1) is 12.6. The zero-order valence-electron chi connectivity index (χ0n) is 14.5. The summed E-state index contributed by atoms with van der Waals surface area (Å²) in [5.74, 6) is 0.123. The summed E-state index contributed by atoms with van der Waals surface area (Å²) in [5, 5.41) is 20.5. The second kappa shape index (κ2) is 10.7. The van der Waals surface area contributed by atoms with E-state index in [1.807, 2.05) is 17.5 Å². The number of hydrogen-bond acceptors (Lipinski definition) is 6. The van der Waals surface area contributed by atoms with E-state index in [1.54, 1.807) is 35.6 Å². The van der Waals surface area contributed by atoms with Crippen LogP contribution in [0.5, 0.6) is 0 Å².